The molecule has 2 aliphatic rings. The second kappa shape index (κ2) is 8.39. The van der Waals surface area contributed by atoms with Crippen molar-refractivity contribution in [3.8, 4) is 0 Å². The number of benzene rings is 2. The number of nitrogens with zero attached hydrogens (tertiary/aromatic N) is 1. The lowest BCUT2D eigenvalue weighted by Crippen LogP contribution is -2.23. The third-order valence-electron chi connectivity index (χ3n) is 6.13. The van der Waals surface area contributed by atoms with Crippen LogP contribution in [0.2, 0.25) is 0 Å². The van der Waals surface area contributed by atoms with E-state index in [1.807, 2.05) is 6.08 Å². The Labute approximate surface area is 178 Å². The first-order valence-corrected chi connectivity index (χ1v) is 10.6. The molecule has 30 heavy (non-hydrogen) atoms. The summed E-state index contributed by atoms with van der Waals surface area (Å²) in [6.07, 6.45) is 8.84. The Morgan fingerprint density at radius 3 is 2.83 bits per heavy atom. The van der Waals surface area contributed by atoms with E-state index in [0.717, 1.165) is 24.2 Å². The highest BCUT2D eigenvalue weighted by atomic mass is 16.5. The molecular weight excluding hydrogens is 374 g/mol. The molecule has 0 bridgehead atoms. The number of carboxylic acids is 1. The number of ether oxygens (including phenoxy) is 1. The van der Waals surface area contributed by atoms with E-state index in [0.29, 0.717) is 19.1 Å². The fourth-order valence-corrected chi connectivity index (χ4v) is 4.36. The first-order chi connectivity index (χ1) is 14.4. The van der Waals surface area contributed by atoms with E-state index in [1.165, 1.54) is 16.9 Å². The summed E-state index contributed by atoms with van der Waals surface area (Å²) >= 11 is 0. The van der Waals surface area contributed by atoms with E-state index >= 15 is 0 Å². The topological polar surface area (TPSA) is 49.8 Å². The largest absolute Gasteiger partial charge is 0.489 e. The van der Waals surface area contributed by atoms with Crippen LogP contribution in [0.4, 0.5) is 11.4 Å². The van der Waals surface area contributed by atoms with Crippen LogP contribution in [0.1, 0.15) is 44.2 Å². The molecule has 4 nitrogen and oxygen atoms in total. The van der Waals surface area contributed by atoms with Crippen molar-refractivity contribution in [2.24, 2.45) is 5.41 Å². The number of anilines is 2. The summed E-state index contributed by atoms with van der Waals surface area (Å²) in [5.74, 6) is 0.110. The molecule has 0 fully saturated rings. The molecule has 0 amide bonds. The van der Waals surface area contributed by atoms with Gasteiger partial charge in [-0.3, -0.25) is 4.79 Å². The minimum absolute atomic E-state index is 0.107. The molecule has 2 aromatic rings. The first-order valence-electron chi connectivity index (χ1n) is 10.6. The number of hydrogen-bond acceptors (Lipinski definition) is 3. The lowest BCUT2D eigenvalue weighted by Gasteiger charge is -2.27. The average molecular weight is 404 g/mol. The number of para-hydroxylation sites is 1. The molecule has 0 spiro atoms. The summed E-state index contributed by atoms with van der Waals surface area (Å²) in [6.45, 7) is 4.88. The Balaban J connectivity index is 1.40. The number of carboxylic acid groups (broad SMARTS) is 1. The second-order valence-electron chi connectivity index (χ2n) is 8.70. The maximum Gasteiger partial charge on any atom is 0.303 e. The standard InChI is InChI=1S/C26H29NO3/c1-19-16-21-7-3-4-9-24(21)27(19)22-8-5-6-20(17-22)18-30-23-10-13-26(2,14-11-23)15-12-25(28)29/h3-11,13,17,19H,12,14-16,18H2,1-2H3,(H,28,29). The molecule has 0 saturated heterocycles. The molecule has 0 aromatic heterocycles. The number of fused-ring (bicyclic) bond motifs is 1. The van der Waals surface area contributed by atoms with Gasteiger partial charge in [-0.05, 0) is 73.1 Å². The van der Waals surface area contributed by atoms with Crippen LogP contribution in [-0.4, -0.2) is 17.1 Å². The van der Waals surface area contributed by atoms with Crippen LogP contribution in [0.3, 0.4) is 0 Å². The maximum atomic E-state index is 10.9. The summed E-state index contributed by atoms with van der Waals surface area (Å²) < 4.78 is 6.04. The molecule has 1 aliphatic carbocycles. The number of aliphatic carboxylic acids is 1. The molecule has 2 unspecified atom stereocenters. The summed E-state index contributed by atoms with van der Waals surface area (Å²) in [4.78, 5) is 13.3. The quantitative estimate of drug-likeness (QED) is 0.616. The van der Waals surface area contributed by atoms with Gasteiger partial charge in [0.15, 0.2) is 0 Å². The highest BCUT2D eigenvalue weighted by Gasteiger charge is 2.27. The van der Waals surface area contributed by atoms with E-state index in [2.05, 4.69) is 79.4 Å². The van der Waals surface area contributed by atoms with Crippen molar-refractivity contribution < 1.29 is 14.6 Å². The van der Waals surface area contributed by atoms with Crippen LogP contribution >= 0.6 is 0 Å². The van der Waals surface area contributed by atoms with Crippen LogP contribution in [-0.2, 0) is 22.6 Å². The maximum absolute atomic E-state index is 10.9. The molecule has 2 aromatic carbocycles. The van der Waals surface area contributed by atoms with E-state index < -0.39 is 5.97 Å². The van der Waals surface area contributed by atoms with Crippen molar-refractivity contribution in [2.45, 2.75) is 52.2 Å². The predicted molar refractivity (Wildman–Crippen MR) is 120 cm³/mol. The Morgan fingerprint density at radius 2 is 2.07 bits per heavy atom. The third-order valence-corrected chi connectivity index (χ3v) is 6.13. The molecule has 156 valence electrons. The summed E-state index contributed by atoms with van der Waals surface area (Å²) in [5.41, 5.74) is 4.92. The summed E-state index contributed by atoms with van der Waals surface area (Å²) in [5, 5.41) is 8.92. The fourth-order valence-electron chi connectivity index (χ4n) is 4.36. The van der Waals surface area contributed by atoms with Gasteiger partial charge in [-0.2, -0.15) is 0 Å². The van der Waals surface area contributed by atoms with Gasteiger partial charge < -0.3 is 14.7 Å². The molecule has 0 radical (unpaired) electrons. The molecule has 4 rings (SSSR count). The lowest BCUT2D eigenvalue weighted by molar-refractivity contribution is -0.137. The van der Waals surface area contributed by atoms with Crippen LogP contribution in [0, 0.1) is 5.41 Å². The fraction of sp³-hybridized carbons (Fsp3) is 0.346. The number of carbonyl (C=O) groups is 1. The minimum atomic E-state index is -0.745. The van der Waals surface area contributed by atoms with Gasteiger partial charge in [0.25, 0.3) is 0 Å². The zero-order valence-electron chi connectivity index (χ0n) is 17.7. The van der Waals surface area contributed by atoms with Gasteiger partial charge in [-0.25, -0.2) is 0 Å². The second-order valence-corrected chi connectivity index (χ2v) is 8.70. The lowest BCUT2D eigenvalue weighted by atomic mass is 9.79. The van der Waals surface area contributed by atoms with Crippen LogP contribution in [0.25, 0.3) is 0 Å². The predicted octanol–water partition coefficient (Wildman–Crippen LogP) is 6.00. The normalized spacial score (nSPS) is 22.5. The van der Waals surface area contributed by atoms with Gasteiger partial charge >= 0.3 is 5.97 Å². The highest BCUT2D eigenvalue weighted by Crippen LogP contribution is 2.38. The zero-order chi connectivity index (χ0) is 21.1. The first kappa shape index (κ1) is 20.3. The molecule has 1 N–H and O–H groups in total. The SMILES string of the molecule is CC1Cc2ccccc2N1c1cccc(COC2=CCC(C)(CCC(=O)O)C=C2)c1. The monoisotopic (exact) mass is 403 g/mol. The molecule has 2 atom stereocenters. The van der Waals surface area contributed by atoms with E-state index in [9.17, 15) is 4.79 Å². The Hall–Kier alpha value is -3.01. The van der Waals surface area contributed by atoms with E-state index in [1.54, 1.807) is 0 Å². The van der Waals surface area contributed by atoms with Gasteiger partial charge in [0.1, 0.15) is 12.4 Å². The molecule has 4 heteroatoms. The van der Waals surface area contributed by atoms with Crippen molar-refractivity contribution in [3.63, 3.8) is 0 Å². The van der Waals surface area contributed by atoms with Gasteiger partial charge in [0.2, 0.25) is 0 Å². The van der Waals surface area contributed by atoms with Crippen LogP contribution < -0.4 is 4.90 Å². The minimum Gasteiger partial charge on any atom is -0.489 e. The molecule has 1 heterocycles. The van der Waals surface area contributed by atoms with E-state index in [-0.39, 0.29) is 11.8 Å². The third kappa shape index (κ3) is 4.43. The highest BCUT2D eigenvalue weighted by molar-refractivity contribution is 5.71. The van der Waals surface area contributed by atoms with E-state index in [4.69, 9.17) is 9.84 Å². The Bertz CT molecular complexity index is 993. The van der Waals surface area contributed by atoms with Crippen LogP contribution in [0.5, 0.6) is 0 Å². The van der Waals surface area contributed by atoms with Crippen LogP contribution in [0.15, 0.2) is 72.5 Å². The molecular formula is C26H29NO3. The van der Waals surface area contributed by atoms with Crippen molar-refractivity contribution >= 4 is 17.3 Å². The van der Waals surface area contributed by atoms with Crippen molar-refractivity contribution in [1.29, 1.82) is 0 Å². The summed E-state index contributed by atoms with van der Waals surface area (Å²) in [7, 11) is 0. The van der Waals surface area contributed by atoms with Crippen molar-refractivity contribution in [1.82, 2.24) is 0 Å². The molecule has 0 saturated carbocycles. The van der Waals surface area contributed by atoms with Gasteiger partial charge in [0, 0.05) is 23.8 Å². The number of allylic oxidation sites excluding steroid dienone is 3. The van der Waals surface area contributed by atoms with Gasteiger partial charge in [-0.15, -0.1) is 0 Å². The Morgan fingerprint density at radius 1 is 1.23 bits per heavy atom. The Kier molecular flexibility index (Phi) is 5.67. The number of hydrogen-bond donors (Lipinski definition) is 1. The summed E-state index contributed by atoms with van der Waals surface area (Å²) in [6, 6.07) is 17.6. The smallest absolute Gasteiger partial charge is 0.303 e. The van der Waals surface area contributed by atoms with Gasteiger partial charge in [0.05, 0.1) is 0 Å². The number of rotatable bonds is 7. The van der Waals surface area contributed by atoms with Crippen molar-refractivity contribution in [2.75, 3.05) is 4.90 Å². The average Bonchev–Trinajstić information content (AvgIpc) is 3.08. The molecule has 1 aliphatic heterocycles. The zero-order valence-corrected chi connectivity index (χ0v) is 17.7. The van der Waals surface area contributed by atoms with Gasteiger partial charge in [-0.1, -0.05) is 43.3 Å². The van der Waals surface area contributed by atoms with Crippen molar-refractivity contribution in [3.05, 3.63) is 83.6 Å².